The van der Waals surface area contributed by atoms with E-state index in [9.17, 15) is 5.11 Å². The minimum atomic E-state index is -0.514. The SMILES string of the molecule is CCCCCC#CCC1(O)CC2CCCC(C1)N2C. The van der Waals surface area contributed by atoms with Crippen LogP contribution in [0.1, 0.15) is 71.1 Å². The molecule has 2 rings (SSSR count). The van der Waals surface area contributed by atoms with Crippen molar-refractivity contribution in [1.82, 2.24) is 4.90 Å². The van der Waals surface area contributed by atoms with Gasteiger partial charge < -0.3 is 10.0 Å². The van der Waals surface area contributed by atoms with Gasteiger partial charge in [-0.3, -0.25) is 0 Å². The third-order valence-corrected chi connectivity index (χ3v) is 4.91. The molecule has 2 saturated heterocycles. The Morgan fingerprint density at radius 2 is 1.84 bits per heavy atom. The summed E-state index contributed by atoms with van der Waals surface area (Å²) in [5, 5.41) is 10.8. The Morgan fingerprint density at radius 1 is 1.16 bits per heavy atom. The number of hydrogen-bond acceptors (Lipinski definition) is 2. The lowest BCUT2D eigenvalue weighted by Crippen LogP contribution is -2.56. The molecule has 0 spiro atoms. The van der Waals surface area contributed by atoms with Crippen molar-refractivity contribution in [2.45, 2.75) is 88.8 Å². The molecule has 0 aromatic heterocycles. The summed E-state index contributed by atoms with van der Waals surface area (Å²) >= 11 is 0. The lowest BCUT2D eigenvalue weighted by atomic mass is 9.74. The van der Waals surface area contributed by atoms with Gasteiger partial charge in [0.15, 0.2) is 0 Å². The molecule has 2 aliphatic rings. The van der Waals surface area contributed by atoms with Gasteiger partial charge in [0.25, 0.3) is 0 Å². The summed E-state index contributed by atoms with van der Waals surface area (Å²) < 4.78 is 0. The van der Waals surface area contributed by atoms with Crippen LogP contribution < -0.4 is 0 Å². The van der Waals surface area contributed by atoms with E-state index in [1.807, 2.05) is 0 Å². The molecule has 1 N–H and O–H groups in total. The third kappa shape index (κ3) is 3.97. The van der Waals surface area contributed by atoms with Crippen LogP contribution in [0.3, 0.4) is 0 Å². The number of fused-ring (bicyclic) bond motifs is 2. The molecule has 0 radical (unpaired) electrons. The van der Waals surface area contributed by atoms with Crippen molar-refractivity contribution in [2.75, 3.05) is 7.05 Å². The molecule has 108 valence electrons. The van der Waals surface area contributed by atoms with Crippen molar-refractivity contribution in [2.24, 2.45) is 0 Å². The lowest BCUT2D eigenvalue weighted by molar-refractivity contribution is -0.0793. The summed E-state index contributed by atoms with van der Waals surface area (Å²) in [6.07, 6.45) is 11.1. The number of rotatable bonds is 4. The topological polar surface area (TPSA) is 23.5 Å². The van der Waals surface area contributed by atoms with E-state index >= 15 is 0 Å². The number of aliphatic hydroxyl groups is 1. The largest absolute Gasteiger partial charge is 0.389 e. The molecule has 2 bridgehead atoms. The lowest BCUT2D eigenvalue weighted by Gasteiger charge is -2.50. The minimum Gasteiger partial charge on any atom is -0.389 e. The Bertz CT molecular complexity index is 327. The highest BCUT2D eigenvalue weighted by atomic mass is 16.3. The molecule has 0 saturated carbocycles. The zero-order valence-electron chi connectivity index (χ0n) is 12.6. The number of hydrogen-bond donors (Lipinski definition) is 1. The van der Waals surface area contributed by atoms with Crippen molar-refractivity contribution in [3.05, 3.63) is 0 Å². The second-order valence-corrected chi connectivity index (χ2v) is 6.52. The van der Waals surface area contributed by atoms with Crippen LogP contribution in [0.2, 0.25) is 0 Å². The van der Waals surface area contributed by atoms with E-state index in [1.54, 1.807) is 0 Å². The molecule has 0 aromatic carbocycles. The van der Waals surface area contributed by atoms with E-state index in [0.717, 1.165) is 19.3 Å². The van der Waals surface area contributed by atoms with E-state index in [4.69, 9.17) is 0 Å². The van der Waals surface area contributed by atoms with Gasteiger partial charge in [-0.15, -0.1) is 11.8 Å². The zero-order chi connectivity index (χ0) is 13.7. The number of nitrogens with zero attached hydrogens (tertiary/aromatic N) is 1. The molecule has 0 amide bonds. The molecule has 2 fully saturated rings. The molecule has 0 aromatic rings. The smallest absolute Gasteiger partial charge is 0.0786 e. The summed E-state index contributed by atoms with van der Waals surface area (Å²) in [7, 11) is 2.23. The normalized spacial score (nSPS) is 34.7. The van der Waals surface area contributed by atoms with Crippen molar-refractivity contribution < 1.29 is 5.11 Å². The van der Waals surface area contributed by atoms with Gasteiger partial charge in [-0.05, 0) is 39.2 Å². The molecule has 2 nitrogen and oxygen atoms in total. The average molecular weight is 263 g/mol. The minimum absolute atomic E-state index is 0.514. The van der Waals surface area contributed by atoms with Gasteiger partial charge in [-0.1, -0.05) is 26.2 Å². The molecule has 0 aliphatic carbocycles. The van der Waals surface area contributed by atoms with Crippen LogP contribution in [-0.2, 0) is 0 Å². The van der Waals surface area contributed by atoms with E-state index < -0.39 is 5.60 Å². The van der Waals surface area contributed by atoms with Crippen LogP contribution in [0, 0.1) is 11.8 Å². The third-order valence-electron chi connectivity index (χ3n) is 4.91. The Hall–Kier alpha value is -0.520. The summed E-state index contributed by atoms with van der Waals surface area (Å²) in [5.41, 5.74) is -0.514. The van der Waals surface area contributed by atoms with E-state index in [0.29, 0.717) is 18.5 Å². The van der Waals surface area contributed by atoms with E-state index in [-0.39, 0.29) is 0 Å². The van der Waals surface area contributed by atoms with Gasteiger partial charge in [0, 0.05) is 24.9 Å². The van der Waals surface area contributed by atoms with Crippen molar-refractivity contribution in [3.8, 4) is 11.8 Å². The summed E-state index contributed by atoms with van der Waals surface area (Å²) in [5.74, 6) is 6.49. The van der Waals surface area contributed by atoms with Gasteiger partial charge in [-0.2, -0.15) is 0 Å². The molecule has 2 atom stereocenters. The van der Waals surface area contributed by atoms with Gasteiger partial charge in [-0.25, -0.2) is 0 Å². The van der Waals surface area contributed by atoms with E-state index in [2.05, 4.69) is 30.7 Å². The Labute approximate surface area is 118 Å². The first-order valence-corrected chi connectivity index (χ1v) is 8.05. The van der Waals surface area contributed by atoms with Crippen LogP contribution in [0.5, 0.6) is 0 Å². The van der Waals surface area contributed by atoms with Crippen molar-refractivity contribution in [1.29, 1.82) is 0 Å². The highest BCUT2D eigenvalue weighted by Crippen LogP contribution is 2.39. The van der Waals surface area contributed by atoms with Crippen LogP contribution in [0.15, 0.2) is 0 Å². The highest BCUT2D eigenvalue weighted by molar-refractivity contribution is 5.08. The molecule has 2 heterocycles. The Morgan fingerprint density at radius 3 is 2.47 bits per heavy atom. The first-order valence-electron chi connectivity index (χ1n) is 8.05. The maximum absolute atomic E-state index is 10.8. The van der Waals surface area contributed by atoms with Gasteiger partial charge in [0.05, 0.1) is 5.60 Å². The predicted molar refractivity (Wildman–Crippen MR) is 79.9 cm³/mol. The Balaban J connectivity index is 1.82. The van der Waals surface area contributed by atoms with Gasteiger partial charge in [0.2, 0.25) is 0 Å². The van der Waals surface area contributed by atoms with E-state index in [1.165, 1.54) is 38.5 Å². The monoisotopic (exact) mass is 263 g/mol. The maximum atomic E-state index is 10.8. The summed E-state index contributed by atoms with van der Waals surface area (Å²) in [4.78, 5) is 2.49. The first-order chi connectivity index (χ1) is 9.14. The standard InChI is InChI=1S/C17H29NO/c1-3-4-5-6-7-8-12-17(19)13-15-10-9-11-16(14-17)18(15)2/h15-16,19H,3-6,9-14H2,1-2H3. The fourth-order valence-corrected chi connectivity index (χ4v) is 3.67. The molecule has 2 heteroatoms. The number of unbranched alkanes of at least 4 members (excludes halogenated alkanes) is 3. The van der Waals surface area contributed by atoms with Crippen LogP contribution in [0.25, 0.3) is 0 Å². The molecule has 2 aliphatic heterocycles. The quantitative estimate of drug-likeness (QED) is 0.621. The van der Waals surface area contributed by atoms with Crippen LogP contribution >= 0.6 is 0 Å². The maximum Gasteiger partial charge on any atom is 0.0786 e. The van der Waals surface area contributed by atoms with Crippen LogP contribution in [-0.4, -0.2) is 34.7 Å². The van der Waals surface area contributed by atoms with Gasteiger partial charge >= 0.3 is 0 Å². The fourth-order valence-electron chi connectivity index (χ4n) is 3.67. The molecule has 2 unspecified atom stereocenters. The van der Waals surface area contributed by atoms with Crippen LogP contribution in [0.4, 0.5) is 0 Å². The average Bonchev–Trinajstić information content (AvgIpc) is 2.36. The highest BCUT2D eigenvalue weighted by Gasteiger charge is 2.43. The van der Waals surface area contributed by atoms with Crippen molar-refractivity contribution in [3.63, 3.8) is 0 Å². The van der Waals surface area contributed by atoms with Crippen molar-refractivity contribution >= 4 is 0 Å². The Kier molecular flexibility index (Phi) is 5.30. The second-order valence-electron chi connectivity index (χ2n) is 6.52. The summed E-state index contributed by atoms with van der Waals surface area (Å²) in [6, 6.07) is 1.17. The molecule has 19 heavy (non-hydrogen) atoms. The predicted octanol–water partition coefficient (Wildman–Crippen LogP) is 3.34. The fraction of sp³-hybridized carbons (Fsp3) is 0.882. The second kappa shape index (κ2) is 6.77. The first kappa shape index (κ1) is 14.9. The van der Waals surface area contributed by atoms with Gasteiger partial charge in [0.1, 0.15) is 0 Å². The number of piperidine rings is 2. The zero-order valence-corrected chi connectivity index (χ0v) is 12.6. The molecular formula is C17H29NO. The summed E-state index contributed by atoms with van der Waals surface area (Å²) in [6.45, 7) is 2.22. The molecular weight excluding hydrogens is 234 g/mol.